The molecule has 1 N–H and O–H groups in total. The van der Waals surface area contributed by atoms with Crippen LogP contribution in [0.4, 0.5) is 0 Å². The second kappa shape index (κ2) is 4.53. The van der Waals surface area contributed by atoms with Crippen molar-refractivity contribution in [3.05, 3.63) is 35.0 Å². The van der Waals surface area contributed by atoms with Gasteiger partial charge in [-0.3, -0.25) is 9.48 Å². The molecule has 1 aliphatic carbocycles. The summed E-state index contributed by atoms with van der Waals surface area (Å²) in [5.41, 5.74) is 3.01. The third-order valence-electron chi connectivity index (χ3n) is 3.53. The van der Waals surface area contributed by atoms with E-state index >= 15 is 0 Å². The van der Waals surface area contributed by atoms with Crippen molar-refractivity contribution < 1.29 is 9.32 Å². The van der Waals surface area contributed by atoms with Crippen LogP contribution in [0.25, 0.3) is 0 Å². The molecular weight excluding hydrogens is 244 g/mol. The highest BCUT2D eigenvalue weighted by molar-refractivity contribution is 5.91. The van der Waals surface area contributed by atoms with Gasteiger partial charge in [0.15, 0.2) is 0 Å². The predicted molar refractivity (Wildman–Crippen MR) is 67.6 cm³/mol. The highest BCUT2D eigenvalue weighted by atomic mass is 16.5. The van der Waals surface area contributed by atoms with Crippen molar-refractivity contribution in [2.24, 2.45) is 7.05 Å². The first kappa shape index (κ1) is 12.0. The third-order valence-corrected chi connectivity index (χ3v) is 3.53. The van der Waals surface area contributed by atoms with E-state index < -0.39 is 0 Å². The second-order valence-electron chi connectivity index (χ2n) is 4.92. The van der Waals surface area contributed by atoms with Crippen LogP contribution in [-0.2, 0) is 13.5 Å². The molecule has 2 heterocycles. The number of hydrogen-bond acceptors (Lipinski definition) is 4. The molecular formula is C13H16N4O2. The number of aromatic nitrogens is 3. The Labute approximate surface area is 110 Å². The van der Waals surface area contributed by atoms with E-state index in [1.54, 1.807) is 13.0 Å². The van der Waals surface area contributed by atoms with Gasteiger partial charge in [0.2, 0.25) is 5.76 Å². The van der Waals surface area contributed by atoms with Gasteiger partial charge in [0.25, 0.3) is 5.91 Å². The Hall–Kier alpha value is -2.11. The fourth-order valence-corrected chi connectivity index (χ4v) is 2.56. The molecule has 0 radical (unpaired) electrons. The smallest absolute Gasteiger partial charge is 0.290 e. The van der Waals surface area contributed by atoms with Crippen LogP contribution in [0.5, 0.6) is 0 Å². The number of carbonyl (C=O) groups excluding carboxylic acids is 1. The fraction of sp³-hybridized carbons (Fsp3) is 0.462. The van der Waals surface area contributed by atoms with Crippen LogP contribution in [0.1, 0.15) is 46.4 Å². The van der Waals surface area contributed by atoms with Gasteiger partial charge in [-0.25, -0.2) is 0 Å². The number of rotatable bonds is 2. The van der Waals surface area contributed by atoms with E-state index in [2.05, 4.69) is 15.6 Å². The Morgan fingerprint density at radius 2 is 2.42 bits per heavy atom. The topological polar surface area (TPSA) is 73.0 Å². The molecule has 0 aromatic carbocycles. The van der Waals surface area contributed by atoms with Gasteiger partial charge in [0.05, 0.1) is 17.9 Å². The lowest BCUT2D eigenvalue weighted by Gasteiger charge is -2.23. The molecule has 1 unspecified atom stereocenters. The van der Waals surface area contributed by atoms with Gasteiger partial charge in [-0.05, 0) is 26.2 Å². The number of amides is 1. The van der Waals surface area contributed by atoms with Crippen LogP contribution in [0.15, 0.2) is 16.8 Å². The van der Waals surface area contributed by atoms with E-state index in [4.69, 9.17) is 4.52 Å². The Morgan fingerprint density at radius 1 is 1.58 bits per heavy atom. The highest BCUT2D eigenvalue weighted by Crippen LogP contribution is 2.29. The minimum absolute atomic E-state index is 0.00959. The second-order valence-corrected chi connectivity index (χ2v) is 4.92. The van der Waals surface area contributed by atoms with E-state index in [0.29, 0.717) is 5.69 Å². The van der Waals surface area contributed by atoms with Gasteiger partial charge in [0.1, 0.15) is 0 Å². The van der Waals surface area contributed by atoms with Gasteiger partial charge in [0, 0.05) is 24.4 Å². The molecule has 0 aliphatic heterocycles. The number of hydrogen-bond donors (Lipinski definition) is 1. The molecule has 6 heteroatoms. The van der Waals surface area contributed by atoms with Crippen molar-refractivity contribution in [1.82, 2.24) is 20.3 Å². The summed E-state index contributed by atoms with van der Waals surface area (Å²) in [6.45, 7) is 1.79. The molecule has 19 heavy (non-hydrogen) atoms. The molecule has 0 spiro atoms. The molecule has 3 rings (SSSR count). The monoisotopic (exact) mass is 260 g/mol. The number of fused-ring (bicyclic) bond motifs is 1. The molecule has 2 aromatic rings. The zero-order valence-electron chi connectivity index (χ0n) is 11.0. The maximum Gasteiger partial charge on any atom is 0.290 e. The first-order valence-electron chi connectivity index (χ1n) is 6.40. The van der Waals surface area contributed by atoms with Crippen molar-refractivity contribution in [2.45, 2.75) is 32.2 Å². The van der Waals surface area contributed by atoms with Crippen molar-refractivity contribution in [3.8, 4) is 0 Å². The summed E-state index contributed by atoms with van der Waals surface area (Å²) in [4.78, 5) is 12.1. The molecule has 6 nitrogen and oxygen atoms in total. The maximum atomic E-state index is 12.1. The van der Waals surface area contributed by atoms with Crippen molar-refractivity contribution in [2.75, 3.05) is 0 Å². The third kappa shape index (κ3) is 2.14. The molecule has 1 atom stereocenters. The first-order valence-corrected chi connectivity index (χ1v) is 6.40. The summed E-state index contributed by atoms with van der Waals surface area (Å²) in [6.07, 6.45) is 4.83. The molecule has 0 saturated carbocycles. The normalized spacial score (nSPS) is 18.1. The van der Waals surface area contributed by atoms with E-state index in [1.807, 2.05) is 17.9 Å². The molecule has 0 saturated heterocycles. The molecule has 2 aromatic heterocycles. The highest BCUT2D eigenvalue weighted by Gasteiger charge is 2.26. The Morgan fingerprint density at radius 3 is 3.16 bits per heavy atom. The summed E-state index contributed by atoms with van der Waals surface area (Å²) >= 11 is 0. The van der Waals surface area contributed by atoms with E-state index in [-0.39, 0.29) is 17.7 Å². The van der Waals surface area contributed by atoms with E-state index in [1.165, 1.54) is 5.69 Å². The zero-order valence-corrected chi connectivity index (χ0v) is 11.0. The van der Waals surface area contributed by atoms with Crippen LogP contribution in [0.2, 0.25) is 0 Å². The SMILES string of the molecule is Cc1cc(C(=O)NC2CCCc3c2cnn3C)on1. The Kier molecular flexibility index (Phi) is 2.85. The minimum atomic E-state index is -0.220. The van der Waals surface area contributed by atoms with E-state index in [9.17, 15) is 4.79 Å². The Bertz CT molecular complexity index is 614. The van der Waals surface area contributed by atoms with Gasteiger partial charge >= 0.3 is 0 Å². The van der Waals surface area contributed by atoms with Crippen molar-refractivity contribution in [1.29, 1.82) is 0 Å². The molecule has 0 bridgehead atoms. The van der Waals surface area contributed by atoms with Crippen molar-refractivity contribution >= 4 is 5.91 Å². The average Bonchev–Trinajstić information content (AvgIpc) is 2.98. The lowest BCUT2D eigenvalue weighted by Crippen LogP contribution is -2.30. The summed E-state index contributed by atoms with van der Waals surface area (Å²) in [7, 11) is 1.93. The number of nitrogens with one attached hydrogen (secondary N) is 1. The van der Waals surface area contributed by atoms with Crippen LogP contribution < -0.4 is 5.32 Å². The standard InChI is InChI=1S/C13H16N4O2/c1-8-6-12(19-16-8)13(18)15-10-4-3-5-11-9(10)7-14-17(11)2/h6-7,10H,3-5H2,1-2H3,(H,15,18). The minimum Gasteiger partial charge on any atom is -0.351 e. The van der Waals surface area contributed by atoms with Gasteiger partial charge < -0.3 is 9.84 Å². The van der Waals surface area contributed by atoms with Crippen LogP contribution in [0, 0.1) is 6.92 Å². The lowest BCUT2D eigenvalue weighted by molar-refractivity contribution is 0.0895. The number of nitrogens with zero attached hydrogens (tertiary/aromatic N) is 3. The maximum absolute atomic E-state index is 12.1. The molecule has 0 fully saturated rings. The molecule has 1 aliphatic rings. The van der Waals surface area contributed by atoms with Gasteiger partial charge in [-0.15, -0.1) is 0 Å². The van der Waals surface area contributed by atoms with Crippen LogP contribution >= 0.6 is 0 Å². The van der Waals surface area contributed by atoms with Gasteiger partial charge in [-0.2, -0.15) is 5.10 Å². The number of carbonyl (C=O) groups is 1. The molecule has 100 valence electrons. The van der Waals surface area contributed by atoms with Crippen LogP contribution in [-0.4, -0.2) is 20.8 Å². The predicted octanol–water partition coefficient (Wildman–Crippen LogP) is 1.52. The summed E-state index contributed by atoms with van der Waals surface area (Å²) in [5.74, 6) is 0.0378. The van der Waals surface area contributed by atoms with Gasteiger partial charge in [-0.1, -0.05) is 5.16 Å². The first-order chi connectivity index (χ1) is 9.15. The molecule has 1 amide bonds. The summed E-state index contributed by atoms with van der Waals surface area (Å²) in [5, 5.41) is 11.0. The zero-order chi connectivity index (χ0) is 13.4. The Balaban J connectivity index is 1.79. The lowest BCUT2D eigenvalue weighted by atomic mass is 9.93. The average molecular weight is 260 g/mol. The van der Waals surface area contributed by atoms with Crippen LogP contribution in [0.3, 0.4) is 0 Å². The van der Waals surface area contributed by atoms with Crippen molar-refractivity contribution in [3.63, 3.8) is 0 Å². The number of aryl methyl sites for hydroxylation is 2. The quantitative estimate of drug-likeness (QED) is 0.888. The largest absolute Gasteiger partial charge is 0.351 e. The van der Waals surface area contributed by atoms with E-state index in [0.717, 1.165) is 24.8 Å². The summed E-state index contributed by atoms with van der Waals surface area (Å²) in [6, 6.07) is 1.65. The summed E-state index contributed by atoms with van der Waals surface area (Å²) < 4.78 is 6.86. The fourth-order valence-electron chi connectivity index (χ4n) is 2.56.